The molecule has 20 heavy (non-hydrogen) atoms. The number of amides is 1. The van der Waals surface area contributed by atoms with Gasteiger partial charge in [0.15, 0.2) is 0 Å². The van der Waals surface area contributed by atoms with Crippen molar-refractivity contribution in [1.82, 2.24) is 14.5 Å². The van der Waals surface area contributed by atoms with Crippen molar-refractivity contribution in [2.24, 2.45) is 7.05 Å². The molecule has 5 nitrogen and oxygen atoms in total. The normalized spacial score (nSPS) is 12.2. The third-order valence-electron chi connectivity index (χ3n) is 3.06. The fraction of sp³-hybridized carbons (Fsp3) is 0.286. The van der Waals surface area contributed by atoms with Crippen LogP contribution in [0.2, 0.25) is 0 Å². The molecule has 0 aliphatic carbocycles. The number of likely N-dealkylation sites (N-methyl/N-ethyl adjacent to an activating group) is 1. The molecule has 2 rings (SSSR count). The summed E-state index contributed by atoms with van der Waals surface area (Å²) in [7, 11) is 3.43. The maximum Gasteiger partial charge on any atom is 0.271 e. The number of nitrogens with zero attached hydrogens (tertiary/aromatic N) is 3. The van der Waals surface area contributed by atoms with Crippen molar-refractivity contribution < 1.29 is 9.90 Å². The SMILES string of the molecule is CN(C[C@@H](O)c1cccc(Br)c1)C(=O)c1cncn1C. The van der Waals surface area contributed by atoms with E-state index in [1.165, 1.54) is 11.1 Å². The van der Waals surface area contributed by atoms with Gasteiger partial charge < -0.3 is 14.6 Å². The maximum absolute atomic E-state index is 12.2. The first-order valence-electron chi connectivity index (χ1n) is 6.14. The molecule has 0 unspecified atom stereocenters. The van der Waals surface area contributed by atoms with Crippen molar-refractivity contribution >= 4 is 21.8 Å². The summed E-state index contributed by atoms with van der Waals surface area (Å²) in [5.41, 5.74) is 1.26. The number of benzene rings is 1. The fourth-order valence-corrected chi connectivity index (χ4v) is 2.34. The van der Waals surface area contributed by atoms with Crippen LogP contribution in [0.3, 0.4) is 0 Å². The van der Waals surface area contributed by atoms with Gasteiger partial charge in [0.2, 0.25) is 0 Å². The molecule has 1 N–H and O–H groups in total. The molecule has 1 aromatic heterocycles. The Balaban J connectivity index is 2.06. The van der Waals surface area contributed by atoms with E-state index >= 15 is 0 Å². The van der Waals surface area contributed by atoms with Gasteiger partial charge in [0.05, 0.1) is 25.2 Å². The zero-order chi connectivity index (χ0) is 14.7. The molecule has 1 heterocycles. The van der Waals surface area contributed by atoms with Crippen LogP contribution in [0.4, 0.5) is 0 Å². The smallest absolute Gasteiger partial charge is 0.271 e. The molecule has 1 amide bonds. The Labute approximate surface area is 126 Å². The monoisotopic (exact) mass is 337 g/mol. The number of imidazole rings is 1. The summed E-state index contributed by atoms with van der Waals surface area (Å²) in [6.45, 7) is 0.223. The number of aryl methyl sites for hydroxylation is 1. The van der Waals surface area contributed by atoms with Crippen LogP contribution >= 0.6 is 15.9 Å². The highest BCUT2D eigenvalue weighted by atomic mass is 79.9. The number of carbonyl (C=O) groups is 1. The summed E-state index contributed by atoms with van der Waals surface area (Å²) in [6, 6.07) is 7.41. The number of hydrogen-bond acceptors (Lipinski definition) is 3. The molecule has 106 valence electrons. The third kappa shape index (κ3) is 3.26. The Kier molecular flexibility index (Phi) is 4.57. The van der Waals surface area contributed by atoms with E-state index < -0.39 is 6.10 Å². The minimum atomic E-state index is -0.727. The number of aliphatic hydroxyl groups excluding tert-OH is 1. The van der Waals surface area contributed by atoms with E-state index in [9.17, 15) is 9.90 Å². The summed E-state index contributed by atoms with van der Waals surface area (Å²) in [5.74, 6) is -0.168. The number of carbonyl (C=O) groups excluding carboxylic acids is 1. The zero-order valence-electron chi connectivity index (χ0n) is 11.3. The number of aliphatic hydroxyl groups is 1. The van der Waals surface area contributed by atoms with Crippen LogP contribution < -0.4 is 0 Å². The topological polar surface area (TPSA) is 58.4 Å². The second-order valence-electron chi connectivity index (χ2n) is 4.65. The Morgan fingerprint density at radius 1 is 1.55 bits per heavy atom. The van der Waals surface area contributed by atoms with Crippen molar-refractivity contribution in [2.75, 3.05) is 13.6 Å². The van der Waals surface area contributed by atoms with Crippen LogP contribution in [0.15, 0.2) is 41.3 Å². The Morgan fingerprint density at radius 3 is 2.90 bits per heavy atom. The molecule has 0 bridgehead atoms. The number of aromatic nitrogens is 2. The van der Waals surface area contributed by atoms with E-state index in [1.54, 1.807) is 25.0 Å². The highest BCUT2D eigenvalue weighted by Crippen LogP contribution is 2.19. The molecule has 0 radical (unpaired) electrons. The van der Waals surface area contributed by atoms with Crippen LogP contribution in [0.25, 0.3) is 0 Å². The molecule has 0 aliphatic rings. The van der Waals surface area contributed by atoms with Crippen molar-refractivity contribution in [1.29, 1.82) is 0 Å². The van der Waals surface area contributed by atoms with E-state index in [0.717, 1.165) is 10.0 Å². The van der Waals surface area contributed by atoms with Gasteiger partial charge in [0, 0.05) is 18.6 Å². The first-order valence-corrected chi connectivity index (χ1v) is 6.93. The summed E-state index contributed by atoms with van der Waals surface area (Å²) in [6.07, 6.45) is 2.37. The van der Waals surface area contributed by atoms with Gasteiger partial charge in [-0.25, -0.2) is 4.98 Å². The van der Waals surface area contributed by atoms with Gasteiger partial charge in [-0.05, 0) is 17.7 Å². The number of halogens is 1. The molecule has 0 fully saturated rings. The first-order chi connectivity index (χ1) is 9.49. The Bertz CT molecular complexity index is 612. The third-order valence-corrected chi connectivity index (χ3v) is 3.56. The van der Waals surface area contributed by atoms with Crippen molar-refractivity contribution in [2.45, 2.75) is 6.10 Å². The minimum Gasteiger partial charge on any atom is -0.387 e. The van der Waals surface area contributed by atoms with Crippen LogP contribution in [-0.2, 0) is 7.05 Å². The molecule has 0 spiro atoms. The van der Waals surface area contributed by atoms with Gasteiger partial charge in [0.25, 0.3) is 5.91 Å². The molecular weight excluding hydrogens is 322 g/mol. The standard InChI is InChI=1S/C14H16BrN3O2/c1-17(14(20)12-7-16-9-18(12)2)8-13(19)10-4-3-5-11(15)6-10/h3-7,9,13,19H,8H2,1-2H3/t13-/m1/s1. The summed E-state index contributed by atoms with van der Waals surface area (Å²) in [5, 5.41) is 10.2. The van der Waals surface area contributed by atoms with Gasteiger partial charge in [0.1, 0.15) is 5.69 Å². The lowest BCUT2D eigenvalue weighted by Crippen LogP contribution is -2.32. The van der Waals surface area contributed by atoms with E-state index in [1.807, 2.05) is 24.3 Å². The average molecular weight is 338 g/mol. The minimum absolute atomic E-state index is 0.168. The lowest BCUT2D eigenvalue weighted by molar-refractivity contribution is 0.0672. The number of hydrogen-bond donors (Lipinski definition) is 1. The largest absolute Gasteiger partial charge is 0.387 e. The molecule has 0 saturated carbocycles. The quantitative estimate of drug-likeness (QED) is 0.928. The second-order valence-corrected chi connectivity index (χ2v) is 5.56. The summed E-state index contributed by atoms with van der Waals surface area (Å²) < 4.78 is 2.55. The van der Waals surface area contributed by atoms with Gasteiger partial charge in [-0.1, -0.05) is 28.1 Å². The van der Waals surface area contributed by atoms with Crippen molar-refractivity contribution in [3.63, 3.8) is 0 Å². The lowest BCUT2D eigenvalue weighted by atomic mass is 10.1. The van der Waals surface area contributed by atoms with Crippen LogP contribution in [0.1, 0.15) is 22.2 Å². The lowest BCUT2D eigenvalue weighted by Gasteiger charge is -2.21. The van der Waals surface area contributed by atoms with Gasteiger partial charge in [-0.15, -0.1) is 0 Å². The fourth-order valence-electron chi connectivity index (χ4n) is 1.92. The molecular formula is C14H16BrN3O2. The van der Waals surface area contributed by atoms with E-state index in [0.29, 0.717) is 5.69 Å². The first kappa shape index (κ1) is 14.7. The van der Waals surface area contributed by atoms with Crippen LogP contribution in [0, 0.1) is 0 Å². The predicted octanol–water partition coefficient (Wildman–Crippen LogP) is 1.99. The predicted molar refractivity (Wildman–Crippen MR) is 79.3 cm³/mol. The van der Waals surface area contributed by atoms with Crippen LogP contribution in [0.5, 0.6) is 0 Å². The summed E-state index contributed by atoms with van der Waals surface area (Å²) in [4.78, 5) is 17.6. The van der Waals surface area contributed by atoms with Gasteiger partial charge in [-0.2, -0.15) is 0 Å². The molecule has 1 aromatic carbocycles. The van der Waals surface area contributed by atoms with E-state index in [-0.39, 0.29) is 12.5 Å². The molecule has 1 atom stereocenters. The van der Waals surface area contributed by atoms with Crippen molar-refractivity contribution in [3.05, 3.63) is 52.5 Å². The molecule has 2 aromatic rings. The molecule has 6 heteroatoms. The van der Waals surface area contributed by atoms with Gasteiger partial charge in [-0.3, -0.25) is 4.79 Å². The van der Waals surface area contributed by atoms with E-state index in [4.69, 9.17) is 0 Å². The van der Waals surface area contributed by atoms with E-state index in [2.05, 4.69) is 20.9 Å². The molecule has 0 saturated heterocycles. The number of rotatable bonds is 4. The molecule has 0 aliphatic heterocycles. The second kappa shape index (κ2) is 6.19. The van der Waals surface area contributed by atoms with Crippen LogP contribution in [-0.4, -0.2) is 39.1 Å². The zero-order valence-corrected chi connectivity index (χ0v) is 12.9. The average Bonchev–Trinajstić information content (AvgIpc) is 2.84. The van der Waals surface area contributed by atoms with Gasteiger partial charge >= 0.3 is 0 Å². The maximum atomic E-state index is 12.2. The Hall–Kier alpha value is -1.66. The highest BCUT2D eigenvalue weighted by Gasteiger charge is 2.18. The van der Waals surface area contributed by atoms with Crippen molar-refractivity contribution in [3.8, 4) is 0 Å². The summed E-state index contributed by atoms with van der Waals surface area (Å²) >= 11 is 3.36. The highest BCUT2D eigenvalue weighted by molar-refractivity contribution is 9.10. The Morgan fingerprint density at radius 2 is 2.30 bits per heavy atom.